The van der Waals surface area contributed by atoms with Crippen LogP contribution in [0, 0.1) is 6.92 Å². The van der Waals surface area contributed by atoms with Gasteiger partial charge in [-0.25, -0.2) is 0 Å². The third-order valence-electron chi connectivity index (χ3n) is 6.61. The zero-order chi connectivity index (χ0) is 26.5. The number of nitrogens with one attached hydrogen (secondary N) is 1. The van der Waals surface area contributed by atoms with Crippen molar-refractivity contribution >= 4 is 34.6 Å². The topological polar surface area (TPSA) is 97.3 Å². The van der Waals surface area contributed by atoms with Gasteiger partial charge in [0.05, 0.1) is 16.8 Å². The molecule has 0 saturated carbocycles. The molecule has 3 heterocycles. The van der Waals surface area contributed by atoms with Crippen molar-refractivity contribution in [3.63, 3.8) is 0 Å². The van der Waals surface area contributed by atoms with Gasteiger partial charge in [-0.05, 0) is 50.1 Å². The van der Waals surface area contributed by atoms with Crippen molar-refractivity contribution < 1.29 is 10.0 Å². The summed E-state index contributed by atoms with van der Waals surface area (Å²) in [6, 6.07) is 23.4. The van der Waals surface area contributed by atoms with Gasteiger partial charge in [-0.2, -0.15) is 0 Å². The highest BCUT2D eigenvalue weighted by molar-refractivity contribution is 6.34. The standard InChI is InChI=1S/C23H21ClN6O2.C6H6/c1-14-2-6-21-18(8-14)19(10-27-32)22-7-3-15(11-30(21)22)28-23(31)17-5-4-16(9-20(17)24)29-12-25-26-13-29;1-2-4-6-5-3-1/h2,4-6,8-10,12-13,15,32H,3,7,11H2,1H3,(H,28,31);1-6H/b27-10+;. The molecule has 192 valence electrons. The fraction of sp³-hybridized carbons (Fsp3) is 0.172. The normalized spacial score (nSPS) is 14.6. The third-order valence-corrected chi connectivity index (χ3v) is 6.92. The molecule has 1 unspecified atom stereocenters. The van der Waals surface area contributed by atoms with E-state index in [1.807, 2.05) is 49.4 Å². The summed E-state index contributed by atoms with van der Waals surface area (Å²) in [6.07, 6.45) is 6.20. The van der Waals surface area contributed by atoms with Gasteiger partial charge < -0.3 is 15.1 Å². The maximum Gasteiger partial charge on any atom is 0.253 e. The average Bonchev–Trinajstić information content (AvgIpc) is 3.57. The maximum absolute atomic E-state index is 13.0. The van der Waals surface area contributed by atoms with Crippen LogP contribution in [0.5, 0.6) is 0 Å². The summed E-state index contributed by atoms with van der Waals surface area (Å²) >= 11 is 6.41. The zero-order valence-electron chi connectivity index (χ0n) is 20.8. The van der Waals surface area contributed by atoms with Crippen molar-refractivity contribution in [3.05, 3.63) is 113 Å². The van der Waals surface area contributed by atoms with E-state index in [1.165, 1.54) is 6.21 Å². The van der Waals surface area contributed by atoms with Gasteiger partial charge in [0.25, 0.3) is 5.91 Å². The lowest BCUT2D eigenvalue weighted by molar-refractivity contribution is 0.0928. The number of hydrogen-bond acceptors (Lipinski definition) is 5. The molecule has 8 nitrogen and oxygen atoms in total. The van der Waals surface area contributed by atoms with Crippen LogP contribution in [0.15, 0.2) is 90.6 Å². The Morgan fingerprint density at radius 1 is 1.08 bits per heavy atom. The van der Waals surface area contributed by atoms with E-state index in [9.17, 15) is 4.79 Å². The molecule has 0 saturated heterocycles. The van der Waals surface area contributed by atoms with Gasteiger partial charge in [0, 0.05) is 40.4 Å². The van der Waals surface area contributed by atoms with Gasteiger partial charge in [0.2, 0.25) is 0 Å². The van der Waals surface area contributed by atoms with Crippen LogP contribution in [0.4, 0.5) is 0 Å². The van der Waals surface area contributed by atoms with E-state index in [-0.39, 0.29) is 11.9 Å². The molecule has 9 heteroatoms. The van der Waals surface area contributed by atoms with Gasteiger partial charge in [0.15, 0.2) is 0 Å². The Bertz CT molecular complexity index is 1550. The molecular formula is C29H27ClN6O2. The van der Waals surface area contributed by atoms with E-state index in [0.717, 1.165) is 46.3 Å². The lowest BCUT2D eigenvalue weighted by atomic mass is 10.0. The zero-order valence-corrected chi connectivity index (χ0v) is 21.6. The van der Waals surface area contributed by atoms with Gasteiger partial charge >= 0.3 is 0 Å². The molecule has 2 aromatic heterocycles. The van der Waals surface area contributed by atoms with Crippen LogP contribution >= 0.6 is 11.6 Å². The van der Waals surface area contributed by atoms with Gasteiger partial charge in [-0.15, -0.1) is 10.2 Å². The number of oxime groups is 1. The number of carbonyl (C=O) groups excluding carboxylic acids is 1. The van der Waals surface area contributed by atoms with Crippen LogP contribution in [0.2, 0.25) is 5.02 Å². The second kappa shape index (κ2) is 11.3. The molecule has 0 bridgehead atoms. The number of aromatic nitrogens is 4. The lowest BCUT2D eigenvalue weighted by Crippen LogP contribution is -2.41. The molecule has 0 radical (unpaired) electrons. The molecule has 38 heavy (non-hydrogen) atoms. The number of aryl methyl sites for hydroxylation is 1. The van der Waals surface area contributed by atoms with E-state index >= 15 is 0 Å². The number of amides is 1. The van der Waals surface area contributed by atoms with Crippen molar-refractivity contribution in [3.8, 4) is 5.69 Å². The number of carbonyl (C=O) groups is 1. The SMILES string of the molecule is Cc1ccc2c(c1)c(/C=N/O)c1n2CC(NC(=O)c2ccc(-n3cnnc3)cc2Cl)CC1.c1ccccc1. The van der Waals surface area contributed by atoms with Crippen LogP contribution in [-0.2, 0) is 13.0 Å². The number of hydrogen-bond donors (Lipinski definition) is 2. The van der Waals surface area contributed by atoms with E-state index in [0.29, 0.717) is 17.1 Å². The van der Waals surface area contributed by atoms with E-state index < -0.39 is 0 Å². The summed E-state index contributed by atoms with van der Waals surface area (Å²) in [7, 11) is 0. The second-order valence-electron chi connectivity index (χ2n) is 9.13. The number of nitrogens with zero attached hydrogens (tertiary/aromatic N) is 5. The van der Waals surface area contributed by atoms with Crippen LogP contribution in [0.1, 0.15) is 33.6 Å². The Morgan fingerprint density at radius 2 is 1.79 bits per heavy atom. The number of rotatable bonds is 4. The molecule has 0 spiro atoms. The van der Waals surface area contributed by atoms with E-state index in [1.54, 1.807) is 29.4 Å². The predicted octanol–water partition coefficient (Wildman–Crippen LogP) is 5.42. The highest BCUT2D eigenvalue weighted by atomic mass is 35.5. The minimum Gasteiger partial charge on any atom is -0.411 e. The fourth-order valence-electron chi connectivity index (χ4n) is 4.80. The van der Waals surface area contributed by atoms with Crippen molar-refractivity contribution in [2.75, 3.05) is 0 Å². The molecule has 1 atom stereocenters. The van der Waals surface area contributed by atoms with Gasteiger partial charge in [0.1, 0.15) is 12.7 Å². The fourth-order valence-corrected chi connectivity index (χ4v) is 5.06. The summed E-state index contributed by atoms with van der Waals surface area (Å²) < 4.78 is 3.93. The van der Waals surface area contributed by atoms with Crippen molar-refractivity contribution in [2.24, 2.45) is 5.16 Å². The molecule has 2 N–H and O–H groups in total. The minimum absolute atomic E-state index is 0.0422. The van der Waals surface area contributed by atoms with Crippen molar-refractivity contribution in [2.45, 2.75) is 32.4 Å². The Labute approximate surface area is 225 Å². The molecule has 0 aliphatic carbocycles. The maximum atomic E-state index is 13.0. The first-order chi connectivity index (χ1) is 18.5. The Balaban J connectivity index is 0.000000433. The minimum atomic E-state index is -0.205. The second-order valence-corrected chi connectivity index (χ2v) is 9.54. The Morgan fingerprint density at radius 3 is 2.45 bits per heavy atom. The molecular weight excluding hydrogens is 500 g/mol. The summed E-state index contributed by atoms with van der Waals surface area (Å²) in [5.74, 6) is -0.205. The summed E-state index contributed by atoms with van der Waals surface area (Å²) in [5, 5.41) is 24.6. The van der Waals surface area contributed by atoms with Gasteiger partial charge in [-0.1, -0.05) is 64.8 Å². The molecule has 3 aromatic carbocycles. The highest BCUT2D eigenvalue weighted by Crippen LogP contribution is 2.31. The average molecular weight is 527 g/mol. The summed E-state index contributed by atoms with van der Waals surface area (Å²) in [4.78, 5) is 13.0. The molecule has 1 aliphatic heterocycles. The van der Waals surface area contributed by atoms with Crippen LogP contribution in [-0.4, -0.2) is 42.7 Å². The monoisotopic (exact) mass is 526 g/mol. The number of fused-ring (bicyclic) bond motifs is 3. The highest BCUT2D eigenvalue weighted by Gasteiger charge is 2.26. The van der Waals surface area contributed by atoms with Crippen LogP contribution in [0.3, 0.4) is 0 Å². The van der Waals surface area contributed by atoms with E-state index in [2.05, 4.69) is 43.4 Å². The molecule has 6 rings (SSSR count). The summed E-state index contributed by atoms with van der Waals surface area (Å²) in [6.45, 7) is 2.67. The predicted molar refractivity (Wildman–Crippen MR) is 148 cm³/mol. The first-order valence-electron chi connectivity index (χ1n) is 12.3. The quantitative estimate of drug-likeness (QED) is 0.185. The summed E-state index contributed by atoms with van der Waals surface area (Å²) in [5.41, 5.74) is 5.47. The third kappa shape index (κ3) is 5.31. The molecule has 1 amide bonds. The number of benzene rings is 3. The first-order valence-corrected chi connectivity index (χ1v) is 12.7. The first kappa shape index (κ1) is 25.2. The van der Waals surface area contributed by atoms with Crippen LogP contribution < -0.4 is 5.32 Å². The molecule has 5 aromatic rings. The Kier molecular flexibility index (Phi) is 7.51. The van der Waals surface area contributed by atoms with Crippen molar-refractivity contribution in [1.82, 2.24) is 24.6 Å². The largest absolute Gasteiger partial charge is 0.411 e. The van der Waals surface area contributed by atoms with Gasteiger partial charge in [-0.3, -0.25) is 9.36 Å². The Hall–Kier alpha value is -4.43. The van der Waals surface area contributed by atoms with Crippen molar-refractivity contribution in [1.29, 1.82) is 0 Å². The van der Waals surface area contributed by atoms with E-state index in [4.69, 9.17) is 16.8 Å². The smallest absolute Gasteiger partial charge is 0.253 e. The molecule has 1 aliphatic rings. The lowest BCUT2D eigenvalue weighted by Gasteiger charge is -2.27. The number of halogens is 1. The van der Waals surface area contributed by atoms with Crippen LogP contribution in [0.25, 0.3) is 16.6 Å². The molecule has 0 fully saturated rings.